The van der Waals surface area contributed by atoms with Gasteiger partial charge in [-0.2, -0.15) is 5.10 Å². The molecule has 9 nitrogen and oxygen atoms in total. The van der Waals surface area contributed by atoms with Crippen LogP contribution in [0.15, 0.2) is 49.1 Å². The first kappa shape index (κ1) is 22.6. The lowest BCUT2D eigenvalue weighted by Gasteiger charge is -2.39. The molecule has 0 amide bonds. The number of hydrogen-bond donors (Lipinski definition) is 0. The first-order valence-corrected chi connectivity index (χ1v) is 12.2. The molecule has 1 atom stereocenters. The molecular weight excluding hydrogens is 458 g/mol. The summed E-state index contributed by atoms with van der Waals surface area (Å²) in [6.07, 6.45) is 9.24. The van der Waals surface area contributed by atoms with Gasteiger partial charge in [-0.15, -0.1) is 0 Å². The Morgan fingerprint density at radius 1 is 1.08 bits per heavy atom. The molecular formula is C27H29N5O4. The highest BCUT2D eigenvalue weighted by Crippen LogP contribution is 2.44. The highest BCUT2D eigenvalue weighted by atomic mass is 16.6. The number of ether oxygens (including phenoxy) is 4. The largest absolute Gasteiger partial charge is 0.493 e. The monoisotopic (exact) mass is 487 g/mol. The van der Waals surface area contributed by atoms with Crippen LogP contribution in [0.3, 0.4) is 0 Å². The second kappa shape index (κ2) is 9.31. The van der Waals surface area contributed by atoms with E-state index >= 15 is 0 Å². The second-order valence-electron chi connectivity index (χ2n) is 9.17. The average molecular weight is 488 g/mol. The van der Waals surface area contributed by atoms with E-state index in [1.165, 1.54) is 0 Å². The van der Waals surface area contributed by atoms with Crippen LogP contribution in [0, 0.1) is 0 Å². The van der Waals surface area contributed by atoms with Crippen LogP contribution in [0.5, 0.6) is 17.2 Å². The molecule has 0 spiro atoms. The third-order valence-electron chi connectivity index (χ3n) is 6.89. The molecule has 1 saturated heterocycles. The van der Waals surface area contributed by atoms with Gasteiger partial charge in [0, 0.05) is 49.6 Å². The zero-order valence-electron chi connectivity index (χ0n) is 20.7. The lowest BCUT2D eigenvalue weighted by Crippen LogP contribution is -2.52. The summed E-state index contributed by atoms with van der Waals surface area (Å²) in [6, 6.07) is 8.08. The topological polar surface area (TPSA) is 83.2 Å². The van der Waals surface area contributed by atoms with Crippen LogP contribution in [-0.4, -0.2) is 59.6 Å². The van der Waals surface area contributed by atoms with Gasteiger partial charge in [-0.25, -0.2) is 9.50 Å². The van der Waals surface area contributed by atoms with E-state index in [1.807, 2.05) is 53.6 Å². The lowest BCUT2D eigenvalue weighted by atomic mass is 10.0. The minimum absolute atomic E-state index is 0.237. The second-order valence-corrected chi connectivity index (χ2v) is 9.17. The van der Waals surface area contributed by atoms with Crippen LogP contribution < -0.4 is 19.1 Å². The third kappa shape index (κ3) is 4.09. The van der Waals surface area contributed by atoms with Gasteiger partial charge in [0.25, 0.3) is 0 Å². The molecule has 0 saturated carbocycles. The molecule has 186 valence electrons. The van der Waals surface area contributed by atoms with Crippen molar-refractivity contribution in [2.45, 2.75) is 32.0 Å². The molecule has 9 heteroatoms. The van der Waals surface area contributed by atoms with Crippen LogP contribution in [0.2, 0.25) is 0 Å². The summed E-state index contributed by atoms with van der Waals surface area (Å²) in [7, 11) is 3.39. The average Bonchev–Trinajstić information content (AvgIpc) is 3.29. The lowest BCUT2D eigenvalue weighted by molar-refractivity contribution is 0.0787. The zero-order valence-corrected chi connectivity index (χ0v) is 20.7. The minimum Gasteiger partial charge on any atom is -0.493 e. The fourth-order valence-electron chi connectivity index (χ4n) is 4.67. The number of methoxy groups -OCH3 is 2. The maximum Gasteiger partial charge on any atom is 0.204 e. The smallest absolute Gasteiger partial charge is 0.204 e. The molecule has 36 heavy (non-hydrogen) atoms. The van der Waals surface area contributed by atoms with Crippen molar-refractivity contribution >= 4 is 11.3 Å². The Balaban J connectivity index is 1.22. The van der Waals surface area contributed by atoms with Gasteiger partial charge in [-0.1, -0.05) is 13.0 Å². The number of aromatic nitrogens is 4. The highest BCUT2D eigenvalue weighted by molar-refractivity contribution is 5.58. The van der Waals surface area contributed by atoms with Crippen LogP contribution in [0.4, 0.5) is 5.69 Å². The van der Waals surface area contributed by atoms with Crippen molar-refractivity contribution in [2.75, 3.05) is 38.8 Å². The van der Waals surface area contributed by atoms with E-state index in [-0.39, 0.29) is 12.2 Å². The van der Waals surface area contributed by atoms with Gasteiger partial charge in [0.2, 0.25) is 5.75 Å². The van der Waals surface area contributed by atoms with Crippen molar-refractivity contribution < 1.29 is 18.9 Å². The number of anilines is 1. The predicted octanol–water partition coefficient (Wildman–Crippen LogP) is 3.63. The molecule has 0 radical (unpaired) electrons. The van der Waals surface area contributed by atoms with Crippen molar-refractivity contribution in [3.05, 3.63) is 71.4 Å². The molecule has 4 aromatic rings. The molecule has 3 aromatic heterocycles. The maximum atomic E-state index is 6.31. The van der Waals surface area contributed by atoms with Crippen molar-refractivity contribution in [3.8, 4) is 17.2 Å². The van der Waals surface area contributed by atoms with Gasteiger partial charge >= 0.3 is 0 Å². The molecule has 1 fully saturated rings. The summed E-state index contributed by atoms with van der Waals surface area (Å²) in [5.41, 5.74) is 5.97. The number of nitrogens with zero attached hydrogens (tertiary/aromatic N) is 5. The highest BCUT2D eigenvalue weighted by Gasteiger charge is 2.28. The van der Waals surface area contributed by atoms with Crippen LogP contribution >= 0.6 is 0 Å². The van der Waals surface area contributed by atoms with Crippen molar-refractivity contribution in [3.63, 3.8) is 0 Å². The summed E-state index contributed by atoms with van der Waals surface area (Å²) in [5, 5.41) is 4.54. The van der Waals surface area contributed by atoms with E-state index < -0.39 is 0 Å². The molecule has 2 aliphatic heterocycles. The molecule has 0 N–H and O–H groups in total. The van der Waals surface area contributed by atoms with Crippen LogP contribution in [-0.2, 0) is 17.6 Å². The quantitative estimate of drug-likeness (QED) is 0.391. The summed E-state index contributed by atoms with van der Waals surface area (Å²) < 4.78 is 25.3. The van der Waals surface area contributed by atoms with Crippen molar-refractivity contribution in [1.82, 2.24) is 19.6 Å². The fourth-order valence-corrected chi connectivity index (χ4v) is 4.67. The predicted molar refractivity (Wildman–Crippen MR) is 134 cm³/mol. The van der Waals surface area contributed by atoms with Gasteiger partial charge in [-0.05, 0) is 30.2 Å². The standard InChI is InChI=1S/C27H29N5O4/c1-4-20-6-5-18(10-28-20)25-16-35-24-9-17(8-23(34-3)26(24)36-25)7-19-11-30-32-13-21(12-29-27(19)32)31-14-22(15-31)33-2/h5-6,8-13,22,25H,4,7,14-16H2,1-3H3. The summed E-state index contributed by atoms with van der Waals surface area (Å²) >= 11 is 0. The normalized spacial score (nSPS) is 17.3. The van der Waals surface area contributed by atoms with Gasteiger partial charge < -0.3 is 23.8 Å². The van der Waals surface area contributed by atoms with Crippen molar-refractivity contribution in [2.24, 2.45) is 0 Å². The molecule has 2 aliphatic rings. The van der Waals surface area contributed by atoms with Crippen molar-refractivity contribution in [1.29, 1.82) is 0 Å². The molecule has 1 aromatic carbocycles. The first-order valence-electron chi connectivity index (χ1n) is 12.2. The Bertz CT molecular complexity index is 1360. The number of aryl methyl sites for hydroxylation is 1. The van der Waals surface area contributed by atoms with Gasteiger partial charge in [0.05, 0.1) is 37.5 Å². The van der Waals surface area contributed by atoms with E-state index in [1.54, 1.807) is 14.2 Å². The molecule has 5 heterocycles. The van der Waals surface area contributed by atoms with Gasteiger partial charge in [0.1, 0.15) is 6.61 Å². The number of pyridine rings is 1. The Morgan fingerprint density at radius 2 is 1.97 bits per heavy atom. The molecule has 1 unspecified atom stereocenters. The van der Waals surface area contributed by atoms with E-state index in [2.05, 4.69) is 21.9 Å². The first-order chi connectivity index (χ1) is 17.6. The number of rotatable bonds is 7. The summed E-state index contributed by atoms with van der Waals surface area (Å²) in [6.45, 7) is 4.24. The number of hydrogen-bond acceptors (Lipinski definition) is 8. The van der Waals surface area contributed by atoms with Gasteiger partial charge in [-0.3, -0.25) is 4.98 Å². The third-order valence-corrected chi connectivity index (χ3v) is 6.89. The maximum absolute atomic E-state index is 6.31. The Hall–Kier alpha value is -3.85. The number of fused-ring (bicyclic) bond motifs is 2. The Morgan fingerprint density at radius 3 is 2.72 bits per heavy atom. The molecule has 0 aliphatic carbocycles. The van der Waals surface area contributed by atoms with Crippen LogP contribution in [0.25, 0.3) is 5.65 Å². The summed E-state index contributed by atoms with van der Waals surface area (Å²) in [5.74, 6) is 1.93. The molecule has 0 bridgehead atoms. The van der Waals surface area contributed by atoms with E-state index in [0.29, 0.717) is 30.3 Å². The van der Waals surface area contributed by atoms with E-state index in [0.717, 1.165) is 53.2 Å². The number of benzene rings is 1. The van der Waals surface area contributed by atoms with Crippen LogP contribution in [0.1, 0.15) is 35.4 Å². The molecule has 6 rings (SSSR count). The van der Waals surface area contributed by atoms with E-state index in [9.17, 15) is 0 Å². The Labute approximate surface area is 209 Å². The fraction of sp³-hybridized carbons (Fsp3) is 0.370. The summed E-state index contributed by atoms with van der Waals surface area (Å²) in [4.78, 5) is 11.4. The zero-order chi connectivity index (χ0) is 24.6. The SMILES string of the molecule is CCc1ccc(C2COc3cc(Cc4cnn5cc(N6CC(OC)C6)cnc45)cc(OC)c3O2)cn1. The van der Waals surface area contributed by atoms with Gasteiger partial charge in [0.15, 0.2) is 23.3 Å². The Kier molecular flexibility index (Phi) is 5.85. The minimum atomic E-state index is -0.237. The van der Waals surface area contributed by atoms with E-state index in [4.69, 9.17) is 23.9 Å².